The highest BCUT2D eigenvalue weighted by molar-refractivity contribution is 5.95. The van der Waals surface area contributed by atoms with E-state index in [-0.39, 0.29) is 11.5 Å². The first-order valence-electron chi connectivity index (χ1n) is 10.3. The smallest absolute Gasteiger partial charge is 0.343 e. The van der Waals surface area contributed by atoms with Crippen LogP contribution in [0.3, 0.4) is 0 Å². The Bertz CT molecular complexity index is 1120. The topological polar surface area (TPSA) is 106 Å². The zero-order chi connectivity index (χ0) is 23.6. The highest BCUT2D eigenvalue weighted by Gasteiger charge is 2.13. The summed E-state index contributed by atoms with van der Waals surface area (Å²) in [7, 11) is 1.46. The number of nitrogens with one attached hydrogen (secondary N) is 1. The molecule has 2 N–H and O–H groups in total. The largest absolute Gasteiger partial charge is 0.508 e. The van der Waals surface area contributed by atoms with Crippen LogP contribution in [0.5, 0.6) is 23.0 Å². The summed E-state index contributed by atoms with van der Waals surface area (Å²) >= 11 is 0. The van der Waals surface area contributed by atoms with Crippen LogP contribution in [-0.4, -0.2) is 36.9 Å². The van der Waals surface area contributed by atoms with Gasteiger partial charge in [-0.2, -0.15) is 5.10 Å². The van der Waals surface area contributed by atoms with Crippen LogP contribution >= 0.6 is 0 Å². The average molecular weight is 448 g/mol. The zero-order valence-corrected chi connectivity index (χ0v) is 18.3. The van der Waals surface area contributed by atoms with Gasteiger partial charge in [-0.3, -0.25) is 4.79 Å². The molecule has 0 aliphatic carbocycles. The molecule has 0 heterocycles. The number of rotatable bonds is 9. The summed E-state index contributed by atoms with van der Waals surface area (Å²) in [6.45, 7) is 2.63. The normalized spacial score (nSPS) is 10.6. The van der Waals surface area contributed by atoms with Crippen molar-refractivity contribution >= 4 is 18.1 Å². The van der Waals surface area contributed by atoms with Crippen molar-refractivity contribution in [1.29, 1.82) is 0 Å². The standard InChI is InChI=1S/C25H24N2O6/c1-3-14-32-21-11-7-19(8-12-21)25(30)33-22-13-4-17(15-23(22)31-2)16-26-27-24(29)18-5-9-20(28)10-6-18/h4-13,15-16,28H,3,14H2,1-2H3,(H,27,29)/b26-16-. The van der Waals surface area contributed by atoms with E-state index in [9.17, 15) is 14.7 Å². The lowest BCUT2D eigenvalue weighted by Gasteiger charge is -2.10. The van der Waals surface area contributed by atoms with E-state index in [4.69, 9.17) is 14.2 Å². The number of aromatic hydroxyl groups is 1. The van der Waals surface area contributed by atoms with Crippen LogP contribution < -0.4 is 19.6 Å². The van der Waals surface area contributed by atoms with Crippen molar-refractivity contribution in [2.24, 2.45) is 5.10 Å². The second-order valence-electron chi connectivity index (χ2n) is 6.92. The van der Waals surface area contributed by atoms with Gasteiger partial charge in [0.1, 0.15) is 11.5 Å². The van der Waals surface area contributed by atoms with Gasteiger partial charge in [0.15, 0.2) is 11.5 Å². The fraction of sp³-hybridized carbons (Fsp3) is 0.160. The molecule has 0 aromatic heterocycles. The number of hydrogen-bond donors (Lipinski definition) is 2. The molecule has 1 amide bonds. The number of phenolic OH excluding ortho intramolecular Hbond substituents is 1. The first kappa shape index (κ1) is 23.3. The summed E-state index contributed by atoms with van der Waals surface area (Å²) in [5.74, 6) is 0.389. The number of phenols is 1. The van der Waals surface area contributed by atoms with E-state index in [0.717, 1.165) is 6.42 Å². The summed E-state index contributed by atoms with van der Waals surface area (Å²) < 4.78 is 16.3. The monoisotopic (exact) mass is 448 g/mol. The third-order valence-corrected chi connectivity index (χ3v) is 4.46. The number of hydrazone groups is 1. The lowest BCUT2D eigenvalue weighted by Crippen LogP contribution is -2.17. The summed E-state index contributed by atoms with van der Waals surface area (Å²) in [6.07, 6.45) is 2.33. The van der Waals surface area contributed by atoms with Crippen LogP contribution in [0, 0.1) is 0 Å². The SMILES string of the molecule is CCCOc1ccc(C(=O)Oc2ccc(/C=N\NC(=O)c3ccc(O)cc3)cc2OC)cc1. The van der Waals surface area contributed by atoms with Gasteiger partial charge in [0.05, 0.1) is 25.5 Å². The van der Waals surface area contributed by atoms with Crippen molar-refractivity contribution in [2.45, 2.75) is 13.3 Å². The van der Waals surface area contributed by atoms with Crippen molar-refractivity contribution < 1.29 is 28.9 Å². The Kier molecular flexibility index (Phi) is 8.02. The molecule has 0 aliphatic rings. The van der Waals surface area contributed by atoms with E-state index < -0.39 is 11.9 Å². The molecule has 0 atom stereocenters. The number of methoxy groups -OCH3 is 1. The van der Waals surface area contributed by atoms with E-state index in [1.54, 1.807) is 42.5 Å². The molecule has 0 bridgehead atoms. The predicted octanol–water partition coefficient (Wildman–Crippen LogP) is 4.17. The molecule has 3 aromatic rings. The van der Waals surface area contributed by atoms with Crippen LogP contribution in [0.25, 0.3) is 0 Å². The minimum atomic E-state index is -0.530. The Labute approximate surface area is 191 Å². The van der Waals surface area contributed by atoms with E-state index >= 15 is 0 Å². The molecule has 170 valence electrons. The number of carbonyl (C=O) groups excluding carboxylic acids is 2. The predicted molar refractivity (Wildman–Crippen MR) is 123 cm³/mol. The number of ether oxygens (including phenoxy) is 3. The van der Waals surface area contributed by atoms with Gasteiger partial charge in [0.2, 0.25) is 0 Å². The van der Waals surface area contributed by atoms with Crippen molar-refractivity contribution in [3.63, 3.8) is 0 Å². The summed E-state index contributed by atoms with van der Waals surface area (Å²) in [6, 6.07) is 17.4. The zero-order valence-electron chi connectivity index (χ0n) is 18.3. The van der Waals surface area contributed by atoms with Gasteiger partial charge < -0.3 is 19.3 Å². The number of carbonyl (C=O) groups is 2. The molecular weight excluding hydrogens is 424 g/mol. The molecule has 0 unspecified atom stereocenters. The third kappa shape index (κ3) is 6.57. The van der Waals surface area contributed by atoms with E-state index in [2.05, 4.69) is 10.5 Å². The molecule has 0 aliphatic heterocycles. The van der Waals surface area contributed by atoms with Crippen LogP contribution in [0.2, 0.25) is 0 Å². The van der Waals surface area contributed by atoms with Gasteiger partial charge in [-0.05, 0) is 78.7 Å². The second-order valence-corrected chi connectivity index (χ2v) is 6.92. The molecule has 3 rings (SSSR count). The number of hydrogen-bond acceptors (Lipinski definition) is 7. The Morgan fingerprint density at radius 2 is 1.67 bits per heavy atom. The highest BCUT2D eigenvalue weighted by Crippen LogP contribution is 2.28. The van der Waals surface area contributed by atoms with Crippen LogP contribution in [0.15, 0.2) is 71.8 Å². The lowest BCUT2D eigenvalue weighted by atomic mass is 10.2. The van der Waals surface area contributed by atoms with Gasteiger partial charge in [-0.15, -0.1) is 0 Å². The molecule has 8 nitrogen and oxygen atoms in total. The third-order valence-electron chi connectivity index (χ3n) is 4.46. The number of nitrogens with zero attached hydrogens (tertiary/aromatic N) is 1. The van der Waals surface area contributed by atoms with Gasteiger partial charge >= 0.3 is 5.97 Å². The molecule has 0 saturated carbocycles. The molecule has 0 spiro atoms. The van der Waals surface area contributed by atoms with Gasteiger partial charge in [-0.25, -0.2) is 10.2 Å². The average Bonchev–Trinajstić information content (AvgIpc) is 2.84. The van der Waals surface area contributed by atoms with Crippen LogP contribution in [-0.2, 0) is 0 Å². The Balaban J connectivity index is 1.62. The fourth-order valence-electron chi connectivity index (χ4n) is 2.76. The second kappa shape index (κ2) is 11.3. The maximum Gasteiger partial charge on any atom is 0.343 e. The van der Waals surface area contributed by atoms with Gasteiger partial charge in [0.25, 0.3) is 5.91 Å². The summed E-state index contributed by atoms with van der Waals surface area (Å²) in [5, 5.41) is 13.2. The van der Waals surface area contributed by atoms with Gasteiger partial charge in [-0.1, -0.05) is 6.92 Å². The molecular formula is C25H24N2O6. The van der Waals surface area contributed by atoms with E-state index in [1.165, 1.54) is 37.6 Å². The maximum atomic E-state index is 12.5. The van der Waals surface area contributed by atoms with Crippen molar-refractivity contribution in [3.8, 4) is 23.0 Å². The summed E-state index contributed by atoms with van der Waals surface area (Å²) in [4.78, 5) is 24.5. The van der Waals surface area contributed by atoms with Crippen LogP contribution in [0.4, 0.5) is 0 Å². The van der Waals surface area contributed by atoms with E-state index in [1.807, 2.05) is 6.92 Å². The minimum Gasteiger partial charge on any atom is -0.508 e. The Hall–Kier alpha value is -4.33. The molecule has 3 aromatic carbocycles. The first-order valence-corrected chi connectivity index (χ1v) is 10.3. The number of amides is 1. The molecule has 0 fully saturated rings. The molecule has 0 saturated heterocycles. The van der Waals surface area contributed by atoms with Crippen molar-refractivity contribution in [2.75, 3.05) is 13.7 Å². The minimum absolute atomic E-state index is 0.0703. The quantitative estimate of drug-likeness (QED) is 0.220. The number of benzene rings is 3. The first-order chi connectivity index (χ1) is 16.0. The van der Waals surface area contributed by atoms with Crippen LogP contribution in [0.1, 0.15) is 39.6 Å². The van der Waals surface area contributed by atoms with E-state index in [0.29, 0.717) is 34.8 Å². The Morgan fingerprint density at radius 1 is 0.970 bits per heavy atom. The van der Waals surface area contributed by atoms with Crippen molar-refractivity contribution in [3.05, 3.63) is 83.4 Å². The molecule has 0 radical (unpaired) electrons. The number of esters is 1. The van der Waals surface area contributed by atoms with Crippen molar-refractivity contribution in [1.82, 2.24) is 5.43 Å². The lowest BCUT2D eigenvalue weighted by molar-refractivity contribution is 0.0729. The molecule has 33 heavy (non-hydrogen) atoms. The molecule has 8 heteroatoms. The summed E-state index contributed by atoms with van der Waals surface area (Å²) in [5.41, 5.74) is 3.76. The maximum absolute atomic E-state index is 12.5. The highest BCUT2D eigenvalue weighted by atomic mass is 16.6. The Morgan fingerprint density at radius 3 is 2.33 bits per heavy atom. The van der Waals surface area contributed by atoms with Gasteiger partial charge in [0, 0.05) is 5.56 Å². The fourth-order valence-corrected chi connectivity index (χ4v) is 2.76.